The van der Waals surface area contributed by atoms with Crippen LogP contribution in [0.1, 0.15) is 66.9 Å². The SMILES string of the molecule is C=S1(=O)CCO[C@@H]2C[C@H](O[C@@H](C)C2)[C@@H]2CC[C@H]2CN2C[C@@]3(CCCc4cc(Cl)ccc43)COc3ccc(cc32)C(=O)N1. The van der Waals surface area contributed by atoms with E-state index in [1.807, 2.05) is 18.2 Å². The van der Waals surface area contributed by atoms with Gasteiger partial charge in [0.15, 0.2) is 0 Å². The summed E-state index contributed by atoms with van der Waals surface area (Å²) in [6, 6.07) is 11.9. The molecule has 1 unspecified atom stereocenters. The lowest BCUT2D eigenvalue weighted by atomic mass is 9.67. The molecule has 2 aromatic rings. The highest BCUT2D eigenvalue weighted by molar-refractivity contribution is 7.99. The Bertz CT molecular complexity index is 1480. The first-order valence-electron chi connectivity index (χ1n) is 15.4. The maximum Gasteiger partial charge on any atom is 0.262 e. The molecule has 1 spiro atoms. The van der Waals surface area contributed by atoms with Crippen LogP contribution in [0.2, 0.25) is 5.02 Å². The third-order valence-electron chi connectivity index (χ3n) is 10.3. The Labute approximate surface area is 254 Å². The van der Waals surface area contributed by atoms with Crippen molar-refractivity contribution in [2.75, 3.05) is 37.0 Å². The van der Waals surface area contributed by atoms with Crippen molar-refractivity contribution >= 4 is 38.8 Å². The maximum absolute atomic E-state index is 13.4. The first-order chi connectivity index (χ1) is 20.2. The van der Waals surface area contributed by atoms with Gasteiger partial charge in [0.25, 0.3) is 5.91 Å². The molecule has 7 atom stereocenters. The first kappa shape index (κ1) is 28.5. The third-order valence-corrected chi connectivity index (χ3v) is 11.9. The Morgan fingerprint density at radius 3 is 2.88 bits per heavy atom. The molecule has 2 aromatic carbocycles. The molecular formula is C33H41ClN2O5S. The standard InChI is InChI=1S/C33H41ClN2O5S/c1-21-14-26-17-31(41-21)27-8-5-24(27)18-36-19-33(11-3-4-22-15-25(34)7-9-28(22)33)20-40-30-10-6-23(16-29(30)36)32(37)35-42(2,38)13-12-39-26/h6-7,9-10,15-16,21,24,26-27,31H,2-5,8,11-14,17-20H2,1H3,(H,35,37,38)/t21-,24-,26-,27+,31-,33-,42?/m0/s1. The van der Waals surface area contributed by atoms with Gasteiger partial charge in [0.05, 0.1) is 43.0 Å². The Morgan fingerprint density at radius 2 is 2.05 bits per heavy atom. The molecule has 1 amide bonds. The van der Waals surface area contributed by atoms with E-state index in [9.17, 15) is 9.00 Å². The van der Waals surface area contributed by atoms with Gasteiger partial charge in [-0.1, -0.05) is 17.7 Å². The molecule has 42 heavy (non-hydrogen) atoms. The number of ether oxygens (including phenoxy) is 3. The van der Waals surface area contributed by atoms with E-state index in [1.54, 1.807) is 6.07 Å². The van der Waals surface area contributed by atoms with Crippen LogP contribution in [-0.2, 0) is 31.0 Å². The number of hydrogen-bond acceptors (Lipinski definition) is 6. The summed E-state index contributed by atoms with van der Waals surface area (Å²) in [4.78, 5) is 15.8. The van der Waals surface area contributed by atoms with E-state index in [-0.39, 0.29) is 35.4 Å². The molecule has 3 aliphatic heterocycles. The van der Waals surface area contributed by atoms with Gasteiger partial charge in [-0.15, -0.1) is 0 Å². The molecule has 0 radical (unpaired) electrons. The smallest absolute Gasteiger partial charge is 0.262 e. The zero-order chi connectivity index (χ0) is 29.1. The molecular weight excluding hydrogens is 572 g/mol. The lowest BCUT2D eigenvalue weighted by molar-refractivity contribution is -0.146. The summed E-state index contributed by atoms with van der Waals surface area (Å²) >= 11 is 6.43. The van der Waals surface area contributed by atoms with E-state index >= 15 is 0 Å². The highest BCUT2D eigenvalue weighted by atomic mass is 35.5. The van der Waals surface area contributed by atoms with Gasteiger partial charge < -0.3 is 19.1 Å². The maximum atomic E-state index is 13.4. The van der Waals surface area contributed by atoms with Crippen molar-refractivity contribution in [3.05, 3.63) is 58.1 Å². The van der Waals surface area contributed by atoms with Crippen LogP contribution in [0, 0.1) is 11.8 Å². The van der Waals surface area contributed by atoms with Crippen LogP contribution in [0.25, 0.3) is 0 Å². The second kappa shape index (κ2) is 11.0. The number of halogens is 1. The Morgan fingerprint density at radius 1 is 1.17 bits per heavy atom. The fraction of sp³-hybridized carbons (Fsp3) is 0.576. The van der Waals surface area contributed by atoms with Crippen LogP contribution in [0.4, 0.5) is 5.69 Å². The predicted molar refractivity (Wildman–Crippen MR) is 167 cm³/mol. The molecule has 226 valence electrons. The van der Waals surface area contributed by atoms with Crippen molar-refractivity contribution in [1.29, 1.82) is 0 Å². The molecule has 1 saturated carbocycles. The van der Waals surface area contributed by atoms with Gasteiger partial charge in [-0.05, 0) is 105 Å². The summed E-state index contributed by atoms with van der Waals surface area (Å²) in [7, 11) is -2.87. The van der Waals surface area contributed by atoms with E-state index in [2.05, 4.69) is 34.5 Å². The molecule has 2 aliphatic carbocycles. The Kier molecular flexibility index (Phi) is 7.48. The van der Waals surface area contributed by atoms with E-state index in [4.69, 9.17) is 25.8 Å². The van der Waals surface area contributed by atoms with E-state index < -0.39 is 9.71 Å². The molecule has 2 fully saturated rings. The molecule has 5 aliphatic rings. The van der Waals surface area contributed by atoms with Crippen molar-refractivity contribution in [2.24, 2.45) is 11.8 Å². The first-order valence-corrected chi connectivity index (χ1v) is 17.7. The lowest BCUT2D eigenvalue weighted by Crippen LogP contribution is -2.51. The van der Waals surface area contributed by atoms with Gasteiger partial charge in [0.2, 0.25) is 0 Å². The van der Waals surface area contributed by atoms with E-state index in [0.29, 0.717) is 30.6 Å². The molecule has 9 heteroatoms. The Balaban J connectivity index is 1.29. The van der Waals surface area contributed by atoms with Gasteiger partial charge in [0.1, 0.15) is 5.75 Å². The van der Waals surface area contributed by atoms with Crippen molar-refractivity contribution < 1.29 is 23.2 Å². The van der Waals surface area contributed by atoms with Crippen molar-refractivity contribution in [3.8, 4) is 5.75 Å². The Hall–Kier alpha value is -2.26. The fourth-order valence-corrected chi connectivity index (χ4v) is 9.14. The number of amides is 1. The van der Waals surface area contributed by atoms with Crippen molar-refractivity contribution in [3.63, 3.8) is 0 Å². The molecule has 7 nitrogen and oxygen atoms in total. The minimum atomic E-state index is -2.87. The van der Waals surface area contributed by atoms with Gasteiger partial charge in [-0.3, -0.25) is 9.52 Å². The average Bonchev–Trinajstić information content (AvgIpc) is 3.07. The lowest BCUT2D eigenvalue weighted by Gasteiger charge is -2.48. The number of nitrogens with zero attached hydrogens (tertiary/aromatic N) is 1. The van der Waals surface area contributed by atoms with Gasteiger partial charge in [0, 0.05) is 45.2 Å². The van der Waals surface area contributed by atoms with E-state index in [0.717, 1.165) is 74.5 Å². The third kappa shape index (κ3) is 5.44. The average molecular weight is 613 g/mol. The number of aryl methyl sites for hydroxylation is 1. The minimum Gasteiger partial charge on any atom is -0.490 e. The molecule has 1 N–H and O–H groups in total. The molecule has 0 aromatic heterocycles. The van der Waals surface area contributed by atoms with Crippen LogP contribution in [0.3, 0.4) is 0 Å². The number of nitrogens with one attached hydrogen (secondary N) is 1. The summed E-state index contributed by atoms with van der Waals surface area (Å²) in [5.74, 6) is 5.36. The van der Waals surface area contributed by atoms with Crippen molar-refractivity contribution in [2.45, 2.75) is 75.6 Å². The molecule has 4 bridgehead atoms. The summed E-state index contributed by atoms with van der Waals surface area (Å²) in [5, 5.41) is 0.771. The summed E-state index contributed by atoms with van der Waals surface area (Å²) < 4.78 is 35.3. The highest BCUT2D eigenvalue weighted by Crippen LogP contribution is 2.48. The number of rotatable bonds is 0. The molecule has 3 heterocycles. The van der Waals surface area contributed by atoms with Crippen LogP contribution in [0.15, 0.2) is 36.4 Å². The molecule has 7 rings (SSSR count). The van der Waals surface area contributed by atoms with Gasteiger partial charge >= 0.3 is 0 Å². The molecule has 1 saturated heterocycles. The van der Waals surface area contributed by atoms with Crippen LogP contribution >= 0.6 is 11.6 Å². The quantitative estimate of drug-likeness (QED) is 0.414. The topological polar surface area (TPSA) is 77.1 Å². The monoisotopic (exact) mass is 612 g/mol. The number of anilines is 1. The normalized spacial score (nSPS) is 36.5. The summed E-state index contributed by atoms with van der Waals surface area (Å²) in [6.07, 6.45) is 7.40. The highest BCUT2D eigenvalue weighted by Gasteiger charge is 2.46. The number of benzene rings is 2. The summed E-state index contributed by atoms with van der Waals surface area (Å²) in [5.41, 5.74) is 3.82. The zero-order valence-electron chi connectivity index (χ0n) is 24.3. The van der Waals surface area contributed by atoms with Crippen LogP contribution in [0.5, 0.6) is 5.75 Å². The van der Waals surface area contributed by atoms with Crippen molar-refractivity contribution in [1.82, 2.24) is 4.72 Å². The number of carbonyl (C=O) groups excluding carboxylic acids is 1. The fourth-order valence-electron chi connectivity index (χ4n) is 8.02. The van der Waals surface area contributed by atoms with E-state index in [1.165, 1.54) is 11.1 Å². The van der Waals surface area contributed by atoms with Gasteiger partial charge in [-0.2, -0.15) is 0 Å². The van der Waals surface area contributed by atoms with Gasteiger partial charge in [-0.25, -0.2) is 4.21 Å². The second-order valence-corrected chi connectivity index (χ2v) is 15.9. The zero-order valence-corrected chi connectivity index (χ0v) is 25.9. The van der Waals surface area contributed by atoms with Crippen LogP contribution < -0.4 is 14.4 Å². The minimum absolute atomic E-state index is 0.0542. The number of carbonyl (C=O) groups is 1. The predicted octanol–water partition coefficient (Wildman–Crippen LogP) is 5.17. The second-order valence-electron chi connectivity index (χ2n) is 13.2. The van der Waals surface area contributed by atoms with Crippen LogP contribution in [-0.4, -0.2) is 66.4 Å². The largest absolute Gasteiger partial charge is 0.490 e. The number of hydrogen-bond donors (Lipinski definition) is 1. The number of fused-ring (bicyclic) bond motifs is 7. The summed E-state index contributed by atoms with van der Waals surface area (Å²) in [6.45, 7) is 4.64.